The van der Waals surface area contributed by atoms with Crippen LogP contribution in [0.1, 0.15) is 11.3 Å². The quantitative estimate of drug-likeness (QED) is 0.733. The van der Waals surface area contributed by atoms with Crippen molar-refractivity contribution < 1.29 is 13.5 Å². The molecule has 1 heterocycles. The van der Waals surface area contributed by atoms with E-state index in [9.17, 15) is 4.39 Å². The molecular formula is C19H18FNO2. The Labute approximate surface area is 134 Å². The summed E-state index contributed by atoms with van der Waals surface area (Å²) in [7, 11) is 1.65. The molecule has 23 heavy (non-hydrogen) atoms. The summed E-state index contributed by atoms with van der Waals surface area (Å²) in [5.41, 5.74) is 1.64. The van der Waals surface area contributed by atoms with E-state index in [0.717, 1.165) is 23.6 Å². The van der Waals surface area contributed by atoms with Crippen molar-refractivity contribution in [1.29, 1.82) is 0 Å². The first-order valence-corrected chi connectivity index (χ1v) is 7.43. The highest BCUT2D eigenvalue weighted by atomic mass is 19.1. The molecule has 0 radical (unpaired) electrons. The van der Waals surface area contributed by atoms with Gasteiger partial charge in [-0.05, 0) is 42.0 Å². The molecule has 3 aromatic rings. The van der Waals surface area contributed by atoms with Crippen molar-refractivity contribution >= 4 is 0 Å². The first-order valence-electron chi connectivity index (χ1n) is 7.43. The zero-order valence-electron chi connectivity index (χ0n) is 12.9. The zero-order chi connectivity index (χ0) is 16.1. The number of methoxy groups -OCH3 is 1. The lowest BCUT2D eigenvalue weighted by atomic mass is 10.1. The average Bonchev–Trinajstić information content (AvgIpc) is 3.04. The number of hydrogen-bond acceptors (Lipinski definition) is 3. The van der Waals surface area contributed by atoms with Gasteiger partial charge in [0.25, 0.3) is 0 Å². The molecule has 0 saturated heterocycles. The molecule has 4 heteroatoms. The fourth-order valence-corrected chi connectivity index (χ4v) is 2.35. The van der Waals surface area contributed by atoms with Crippen LogP contribution in [0.5, 0.6) is 5.75 Å². The maximum absolute atomic E-state index is 13.7. The highest BCUT2D eigenvalue weighted by Crippen LogP contribution is 2.24. The predicted octanol–water partition coefficient (Wildman–Crippen LogP) is 4.38. The van der Waals surface area contributed by atoms with E-state index in [0.29, 0.717) is 17.9 Å². The monoisotopic (exact) mass is 311 g/mol. The standard InChI is InChI=1S/C19H18FNO2/c1-22-15-8-6-14(7-9-15)12-21-13-16-10-11-19(23-16)17-4-2-3-5-18(17)20/h2-11,21H,12-13H2,1H3. The summed E-state index contributed by atoms with van der Waals surface area (Å²) in [5, 5.41) is 3.31. The van der Waals surface area contributed by atoms with Crippen LogP contribution in [-0.2, 0) is 13.1 Å². The molecule has 0 amide bonds. The van der Waals surface area contributed by atoms with Gasteiger partial charge < -0.3 is 14.5 Å². The van der Waals surface area contributed by atoms with Crippen molar-refractivity contribution in [1.82, 2.24) is 5.32 Å². The number of furan rings is 1. The SMILES string of the molecule is COc1ccc(CNCc2ccc(-c3ccccc3F)o2)cc1. The van der Waals surface area contributed by atoms with Crippen molar-refractivity contribution in [3.8, 4) is 17.1 Å². The Morgan fingerprint density at radius 2 is 1.74 bits per heavy atom. The van der Waals surface area contributed by atoms with E-state index in [2.05, 4.69) is 5.32 Å². The first-order chi connectivity index (χ1) is 11.3. The molecule has 0 aliphatic carbocycles. The summed E-state index contributed by atoms with van der Waals surface area (Å²) in [6.07, 6.45) is 0. The molecule has 0 atom stereocenters. The predicted molar refractivity (Wildman–Crippen MR) is 87.6 cm³/mol. The van der Waals surface area contributed by atoms with E-state index >= 15 is 0 Å². The van der Waals surface area contributed by atoms with Crippen molar-refractivity contribution in [3.63, 3.8) is 0 Å². The van der Waals surface area contributed by atoms with Gasteiger partial charge in [-0.25, -0.2) is 4.39 Å². The van der Waals surface area contributed by atoms with Crippen molar-refractivity contribution in [2.24, 2.45) is 0 Å². The van der Waals surface area contributed by atoms with Gasteiger partial charge in [0, 0.05) is 6.54 Å². The number of nitrogens with one attached hydrogen (secondary N) is 1. The molecule has 1 aromatic heterocycles. The number of hydrogen-bond donors (Lipinski definition) is 1. The van der Waals surface area contributed by atoms with E-state index in [4.69, 9.17) is 9.15 Å². The Bertz CT molecular complexity index is 765. The van der Waals surface area contributed by atoms with Crippen LogP contribution in [0, 0.1) is 5.82 Å². The van der Waals surface area contributed by atoms with Gasteiger partial charge in [-0.1, -0.05) is 24.3 Å². The van der Waals surface area contributed by atoms with Gasteiger partial charge in [0.1, 0.15) is 23.1 Å². The zero-order valence-corrected chi connectivity index (χ0v) is 12.9. The summed E-state index contributed by atoms with van der Waals surface area (Å²) >= 11 is 0. The van der Waals surface area contributed by atoms with Crippen molar-refractivity contribution in [2.45, 2.75) is 13.1 Å². The van der Waals surface area contributed by atoms with Crippen LogP contribution in [0.3, 0.4) is 0 Å². The Morgan fingerprint density at radius 3 is 2.48 bits per heavy atom. The lowest BCUT2D eigenvalue weighted by Crippen LogP contribution is -2.11. The van der Waals surface area contributed by atoms with Crippen LogP contribution < -0.4 is 10.1 Å². The summed E-state index contributed by atoms with van der Waals surface area (Å²) in [5.74, 6) is 1.88. The van der Waals surface area contributed by atoms with Crippen molar-refractivity contribution in [2.75, 3.05) is 7.11 Å². The van der Waals surface area contributed by atoms with Crippen LogP contribution in [-0.4, -0.2) is 7.11 Å². The molecule has 1 N–H and O–H groups in total. The topological polar surface area (TPSA) is 34.4 Å². The van der Waals surface area contributed by atoms with Crippen LogP contribution in [0.15, 0.2) is 65.1 Å². The van der Waals surface area contributed by atoms with E-state index in [1.807, 2.05) is 30.3 Å². The molecule has 3 rings (SSSR count). The van der Waals surface area contributed by atoms with E-state index in [-0.39, 0.29) is 5.82 Å². The Hall–Kier alpha value is -2.59. The Balaban J connectivity index is 1.58. The molecule has 2 aromatic carbocycles. The molecule has 0 saturated carbocycles. The maximum atomic E-state index is 13.7. The number of benzene rings is 2. The van der Waals surface area contributed by atoms with E-state index < -0.39 is 0 Å². The normalized spacial score (nSPS) is 10.7. The van der Waals surface area contributed by atoms with Crippen LogP contribution in [0.2, 0.25) is 0 Å². The van der Waals surface area contributed by atoms with Gasteiger partial charge in [-0.15, -0.1) is 0 Å². The molecule has 3 nitrogen and oxygen atoms in total. The van der Waals surface area contributed by atoms with Gasteiger partial charge in [-0.2, -0.15) is 0 Å². The van der Waals surface area contributed by atoms with E-state index in [1.165, 1.54) is 6.07 Å². The highest BCUT2D eigenvalue weighted by molar-refractivity contribution is 5.58. The number of rotatable bonds is 6. The number of halogens is 1. The second kappa shape index (κ2) is 7.11. The Kier molecular flexibility index (Phi) is 4.74. The fraction of sp³-hybridized carbons (Fsp3) is 0.158. The number of ether oxygens (including phenoxy) is 1. The maximum Gasteiger partial charge on any atom is 0.137 e. The smallest absolute Gasteiger partial charge is 0.137 e. The van der Waals surface area contributed by atoms with Crippen LogP contribution >= 0.6 is 0 Å². The van der Waals surface area contributed by atoms with Gasteiger partial charge in [-0.3, -0.25) is 0 Å². The third-order valence-electron chi connectivity index (χ3n) is 3.59. The second-order valence-corrected chi connectivity index (χ2v) is 5.20. The summed E-state index contributed by atoms with van der Waals surface area (Å²) in [4.78, 5) is 0. The van der Waals surface area contributed by atoms with Gasteiger partial charge in [0.2, 0.25) is 0 Å². The van der Waals surface area contributed by atoms with Crippen LogP contribution in [0.4, 0.5) is 4.39 Å². The molecule has 0 aliphatic heterocycles. The third kappa shape index (κ3) is 3.79. The molecule has 0 bridgehead atoms. The lowest BCUT2D eigenvalue weighted by Gasteiger charge is -2.05. The van der Waals surface area contributed by atoms with Gasteiger partial charge >= 0.3 is 0 Å². The average molecular weight is 311 g/mol. The third-order valence-corrected chi connectivity index (χ3v) is 3.59. The summed E-state index contributed by atoms with van der Waals surface area (Å²) in [6.45, 7) is 1.31. The van der Waals surface area contributed by atoms with Gasteiger partial charge in [0.15, 0.2) is 0 Å². The highest BCUT2D eigenvalue weighted by Gasteiger charge is 2.08. The largest absolute Gasteiger partial charge is 0.497 e. The van der Waals surface area contributed by atoms with Crippen LogP contribution in [0.25, 0.3) is 11.3 Å². The van der Waals surface area contributed by atoms with E-state index in [1.54, 1.807) is 31.4 Å². The summed E-state index contributed by atoms with van der Waals surface area (Å²) < 4.78 is 24.6. The molecule has 0 aliphatic rings. The summed E-state index contributed by atoms with van der Waals surface area (Å²) in [6, 6.07) is 18.1. The fourth-order valence-electron chi connectivity index (χ4n) is 2.35. The minimum absolute atomic E-state index is 0.278. The second-order valence-electron chi connectivity index (χ2n) is 5.20. The molecule has 0 fully saturated rings. The molecular weight excluding hydrogens is 293 g/mol. The van der Waals surface area contributed by atoms with Crippen molar-refractivity contribution in [3.05, 3.63) is 77.8 Å². The minimum Gasteiger partial charge on any atom is -0.497 e. The first kappa shape index (κ1) is 15.3. The lowest BCUT2D eigenvalue weighted by molar-refractivity contribution is 0.414. The molecule has 0 spiro atoms. The molecule has 118 valence electrons. The minimum atomic E-state index is -0.278. The molecule has 0 unspecified atom stereocenters. The Morgan fingerprint density at radius 1 is 0.957 bits per heavy atom. The van der Waals surface area contributed by atoms with Gasteiger partial charge in [0.05, 0.1) is 19.2 Å².